The van der Waals surface area contributed by atoms with Gasteiger partial charge in [0.05, 0.1) is 6.61 Å². The van der Waals surface area contributed by atoms with Crippen LogP contribution in [0, 0.1) is 16.6 Å². The maximum absolute atomic E-state index is 14.2. The number of hydrogen-bond acceptors (Lipinski definition) is 7. The summed E-state index contributed by atoms with van der Waals surface area (Å²) in [5.74, 6) is -2.48. The van der Waals surface area contributed by atoms with Crippen molar-refractivity contribution < 1.29 is 28.9 Å². The van der Waals surface area contributed by atoms with E-state index in [4.69, 9.17) is 15.9 Å². The number of phenols is 1. The molecule has 0 fully saturated rings. The Bertz CT molecular complexity index is 1260. The number of nitrogens with two attached hydrogens (primary N) is 1. The first-order valence-corrected chi connectivity index (χ1v) is 11.0. The number of carbonyl (C=O) groups is 2. The minimum Gasteiger partial charge on any atom is -0.508 e. The fourth-order valence-electron chi connectivity index (χ4n) is 3.09. The molecule has 0 aliphatic carbocycles. The third-order valence-electron chi connectivity index (χ3n) is 5.05. The molecule has 0 aliphatic rings. The molecule has 1 aromatic heterocycles. The van der Waals surface area contributed by atoms with E-state index in [1.807, 2.05) is 0 Å². The third kappa shape index (κ3) is 5.77. The fourth-order valence-corrected chi connectivity index (χ4v) is 4.20. The lowest BCUT2D eigenvalue weighted by atomic mass is 9.87. The number of aliphatic hydroxyl groups is 1. The number of ether oxygens (including phenoxy) is 1. The maximum Gasteiger partial charge on any atom is 0.353 e. The Kier molecular flexibility index (Phi) is 7.33. The minimum atomic E-state index is -0.849. The van der Waals surface area contributed by atoms with Crippen molar-refractivity contribution in [2.75, 3.05) is 5.32 Å². The summed E-state index contributed by atoms with van der Waals surface area (Å²) in [4.78, 5) is 26.3. The summed E-state index contributed by atoms with van der Waals surface area (Å²) in [5, 5.41) is 29.0. The monoisotopic (exact) mass is 485 g/mol. The second kappa shape index (κ2) is 10.0. The van der Waals surface area contributed by atoms with Gasteiger partial charge in [-0.15, -0.1) is 11.3 Å². The van der Waals surface area contributed by atoms with Crippen LogP contribution in [-0.4, -0.2) is 27.9 Å². The topological polar surface area (TPSA) is 146 Å². The number of aromatic hydroxyl groups is 1. The first-order valence-electron chi connectivity index (χ1n) is 10.2. The van der Waals surface area contributed by atoms with Crippen molar-refractivity contribution in [2.24, 2.45) is 11.1 Å². The smallest absolute Gasteiger partial charge is 0.353 e. The molecule has 0 aliphatic heterocycles. The van der Waals surface area contributed by atoms with Crippen LogP contribution in [0.15, 0.2) is 48.5 Å². The van der Waals surface area contributed by atoms with E-state index in [1.165, 1.54) is 30.3 Å². The first-order chi connectivity index (χ1) is 16.0. The number of nitrogen functional groups attached to an aromatic ring is 1. The molecule has 3 rings (SSSR count). The van der Waals surface area contributed by atoms with Crippen molar-refractivity contribution in [1.29, 1.82) is 5.41 Å². The number of thiophene rings is 1. The SMILES string of the molecule is CC(C)(Cc1ccc(C(=O)Oc2ccc(C(=N)N)cc2F)s1)C(=O)Nc1ccc(O)c(CO)c1. The molecule has 0 unspecified atom stereocenters. The quantitative estimate of drug-likeness (QED) is 0.108. The molecule has 0 saturated carbocycles. The number of amides is 1. The molecule has 0 radical (unpaired) electrons. The predicted octanol–water partition coefficient (Wildman–Crippen LogP) is 3.80. The second-order valence-electron chi connectivity index (χ2n) is 8.23. The highest BCUT2D eigenvalue weighted by Gasteiger charge is 2.29. The van der Waals surface area contributed by atoms with E-state index < -0.39 is 17.2 Å². The second-order valence-corrected chi connectivity index (χ2v) is 9.40. The van der Waals surface area contributed by atoms with Gasteiger partial charge in [-0.2, -0.15) is 0 Å². The van der Waals surface area contributed by atoms with Gasteiger partial charge in [-0.3, -0.25) is 10.2 Å². The largest absolute Gasteiger partial charge is 0.508 e. The summed E-state index contributed by atoms with van der Waals surface area (Å²) in [6.07, 6.45) is 0.323. The van der Waals surface area contributed by atoms with E-state index in [0.29, 0.717) is 17.7 Å². The van der Waals surface area contributed by atoms with Gasteiger partial charge in [0.2, 0.25) is 5.91 Å². The molecule has 0 bridgehead atoms. The molecular formula is C24H24FN3O5S. The van der Waals surface area contributed by atoms with Gasteiger partial charge in [-0.25, -0.2) is 9.18 Å². The number of carbonyl (C=O) groups excluding carboxylic acids is 2. The molecule has 2 aromatic carbocycles. The lowest BCUT2D eigenvalue weighted by Crippen LogP contribution is -2.32. The van der Waals surface area contributed by atoms with Crippen LogP contribution in [0.2, 0.25) is 0 Å². The van der Waals surface area contributed by atoms with Gasteiger partial charge in [-0.1, -0.05) is 13.8 Å². The van der Waals surface area contributed by atoms with Crippen LogP contribution in [0.5, 0.6) is 11.5 Å². The van der Waals surface area contributed by atoms with Crippen LogP contribution in [-0.2, 0) is 17.8 Å². The van der Waals surface area contributed by atoms with E-state index in [2.05, 4.69) is 5.32 Å². The normalized spacial score (nSPS) is 11.2. The Balaban J connectivity index is 1.66. The zero-order valence-electron chi connectivity index (χ0n) is 18.5. The molecule has 1 heterocycles. The van der Waals surface area contributed by atoms with Gasteiger partial charge in [0.1, 0.15) is 16.5 Å². The van der Waals surface area contributed by atoms with Crippen molar-refractivity contribution in [2.45, 2.75) is 26.9 Å². The lowest BCUT2D eigenvalue weighted by Gasteiger charge is -2.23. The number of anilines is 1. The lowest BCUT2D eigenvalue weighted by molar-refractivity contribution is -0.123. The van der Waals surface area contributed by atoms with Crippen LogP contribution < -0.4 is 15.8 Å². The summed E-state index contributed by atoms with van der Waals surface area (Å²) >= 11 is 1.14. The van der Waals surface area contributed by atoms with Gasteiger partial charge in [0.15, 0.2) is 11.6 Å². The van der Waals surface area contributed by atoms with Gasteiger partial charge in [-0.05, 0) is 55.0 Å². The Labute approximate surface area is 199 Å². The highest BCUT2D eigenvalue weighted by Crippen LogP contribution is 2.30. The third-order valence-corrected chi connectivity index (χ3v) is 6.11. The van der Waals surface area contributed by atoms with E-state index >= 15 is 0 Å². The number of hydrogen-bond donors (Lipinski definition) is 5. The summed E-state index contributed by atoms with van der Waals surface area (Å²) in [7, 11) is 0. The average molecular weight is 486 g/mol. The molecule has 1 amide bonds. The molecule has 8 nitrogen and oxygen atoms in total. The highest BCUT2D eigenvalue weighted by molar-refractivity contribution is 7.14. The molecular weight excluding hydrogens is 461 g/mol. The van der Waals surface area contributed by atoms with Gasteiger partial charge in [0, 0.05) is 27.1 Å². The molecule has 0 saturated heterocycles. The number of halogens is 1. The molecule has 3 aromatic rings. The highest BCUT2D eigenvalue weighted by atomic mass is 32.1. The zero-order chi connectivity index (χ0) is 25.0. The Morgan fingerprint density at radius 1 is 1.18 bits per heavy atom. The minimum absolute atomic E-state index is 0.0626. The molecule has 10 heteroatoms. The molecule has 178 valence electrons. The van der Waals surface area contributed by atoms with E-state index in [0.717, 1.165) is 22.3 Å². The summed E-state index contributed by atoms with van der Waals surface area (Å²) < 4.78 is 19.3. The summed E-state index contributed by atoms with van der Waals surface area (Å²) in [6.45, 7) is 3.14. The van der Waals surface area contributed by atoms with E-state index in [9.17, 15) is 24.2 Å². The van der Waals surface area contributed by atoms with Crippen molar-refractivity contribution in [1.82, 2.24) is 0 Å². The van der Waals surface area contributed by atoms with Crippen LogP contribution in [0.4, 0.5) is 10.1 Å². The maximum atomic E-state index is 14.2. The number of esters is 1. The number of rotatable bonds is 8. The number of benzene rings is 2. The van der Waals surface area contributed by atoms with Crippen LogP contribution >= 0.6 is 11.3 Å². The van der Waals surface area contributed by atoms with Crippen molar-refractivity contribution in [3.05, 3.63) is 75.2 Å². The van der Waals surface area contributed by atoms with Crippen molar-refractivity contribution in [3.63, 3.8) is 0 Å². The first kappa shape index (κ1) is 24.9. The van der Waals surface area contributed by atoms with E-state index in [-0.39, 0.29) is 40.3 Å². The Morgan fingerprint density at radius 2 is 1.91 bits per heavy atom. The van der Waals surface area contributed by atoms with Crippen molar-refractivity contribution in [3.8, 4) is 11.5 Å². The average Bonchev–Trinajstić information content (AvgIpc) is 3.24. The van der Waals surface area contributed by atoms with Crippen LogP contribution in [0.1, 0.15) is 39.5 Å². The number of nitrogens with one attached hydrogen (secondary N) is 2. The number of aliphatic hydroxyl groups excluding tert-OH is 1. The molecule has 0 spiro atoms. The molecule has 6 N–H and O–H groups in total. The van der Waals surface area contributed by atoms with Gasteiger partial charge >= 0.3 is 5.97 Å². The predicted molar refractivity (Wildman–Crippen MR) is 127 cm³/mol. The van der Waals surface area contributed by atoms with E-state index in [1.54, 1.807) is 26.0 Å². The number of amidine groups is 1. The Hall–Kier alpha value is -3.76. The fraction of sp³-hybridized carbons (Fsp3) is 0.208. The zero-order valence-corrected chi connectivity index (χ0v) is 19.3. The van der Waals surface area contributed by atoms with Crippen molar-refractivity contribution >= 4 is 34.7 Å². The van der Waals surface area contributed by atoms with Crippen LogP contribution in [0.3, 0.4) is 0 Å². The van der Waals surface area contributed by atoms with Gasteiger partial charge in [0.25, 0.3) is 0 Å². The summed E-state index contributed by atoms with van der Waals surface area (Å²) in [5.41, 5.74) is 5.38. The molecule has 0 atom stereocenters. The summed E-state index contributed by atoms with van der Waals surface area (Å²) in [6, 6.07) is 11.3. The standard InChI is InChI=1S/C24H24FN3O5S/c1-24(2,23(32)28-15-4-6-18(30)14(9-15)12-29)11-16-5-8-20(34-16)22(31)33-19-7-3-13(21(26)27)10-17(19)25/h3-10,29-30H,11-12H2,1-2H3,(H3,26,27)(H,28,32). The molecule has 34 heavy (non-hydrogen) atoms. The Morgan fingerprint density at radius 3 is 2.56 bits per heavy atom. The van der Waals surface area contributed by atoms with Gasteiger partial charge < -0.3 is 26.0 Å². The van der Waals surface area contributed by atoms with Crippen LogP contribution in [0.25, 0.3) is 0 Å².